The van der Waals surface area contributed by atoms with E-state index in [-0.39, 0.29) is 11.4 Å². The van der Waals surface area contributed by atoms with Gasteiger partial charge >= 0.3 is 0 Å². The molecular formula is C11H22O2. The third-order valence-electron chi connectivity index (χ3n) is 2.43. The Hall–Kier alpha value is -0.370. The summed E-state index contributed by atoms with van der Waals surface area (Å²) in [5, 5.41) is 0. The highest BCUT2D eigenvalue weighted by molar-refractivity contribution is 5.75. The van der Waals surface area contributed by atoms with Crippen LogP contribution in [0.4, 0.5) is 0 Å². The van der Waals surface area contributed by atoms with Gasteiger partial charge in [0.1, 0.15) is 5.78 Å². The standard InChI is InChI=1S/C11H22O2/c1-9(8-10(2)12)6-7-11(3,4)13-5/h9H,6-8H2,1-5H3. The number of Topliss-reactive ketones (excluding diaryl/α,β-unsaturated/α-hetero) is 1. The minimum Gasteiger partial charge on any atom is -0.379 e. The highest BCUT2D eigenvalue weighted by Gasteiger charge is 2.17. The molecule has 0 aromatic carbocycles. The van der Waals surface area contributed by atoms with Crippen LogP contribution in [-0.2, 0) is 9.53 Å². The Kier molecular flexibility index (Phi) is 5.23. The molecule has 0 aliphatic rings. The van der Waals surface area contributed by atoms with Crippen LogP contribution < -0.4 is 0 Å². The summed E-state index contributed by atoms with van der Waals surface area (Å²) >= 11 is 0. The van der Waals surface area contributed by atoms with Crippen LogP contribution in [0.3, 0.4) is 0 Å². The third-order valence-corrected chi connectivity index (χ3v) is 2.43. The Bertz CT molecular complexity index is 161. The van der Waals surface area contributed by atoms with Crippen molar-refractivity contribution < 1.29 is 9.53 Å². The summed E-state index contributed by atoms with van der Waals surface area (Å²) in [6.07, 6.45) is 2.76. The first-order valence-electron chi connectivity index (χ1n) is 4.92. The van der Waals surface area contributed by atoms with Crippen molar-refractivity contribution in [3.05, 3.63) is 0 Å². The first kappa shape index (κ1) is 12.6. The smallest absolute Gasteiger partial charge is 0.130 e. The molecule has 0 fully saturated rings. The number of hydrogen-bond acceptors (Lipinski definition) is 2. The van der Waals surface area contributed by atoms with Crippen molar-refractivity contribution in [2.75, 3.05) is 7.11 Å². The topological polar surface area (TPSA) is 26.3 Å². The van der Waals surface area contributed by atoms with E-state index in [9.17, 15) is 4.79 Å². The molecule has 0 aromatic rings. The molecule has 0 aliphatic carbocycles. The largest absolute Gasteiger partial charge is 0.379 e. The van der Waals surface area contributed by atoms with Gasteiger partial charge in [-0.3, -0.25) is 0 Å². The van der Waals surface area contributed by atoms with Gasteiger partial charge in [-0.05, 0) is 39.5 Å². The van der Waals surface area contributed by atoms with E-state index in [4.69, 9.17) is 4.74 Å². The fourth-order valence-corrected chi connectivity index (χ4v) is 1.29. The molecule has 2 nitrogen and oxygen atoms in total. The van der Waals surface area contributed by atoms with Crippen LogP contribution in [0.25, 0.3) is 0 Å². The van der Waals surface area contributed by atoms with Crippen molar-refractivity contribution >= 4 is 5.78 Å². The highest BCUT2D eigenvalue weighted by atomic mass is 16.5. The van der Waals surface area contributed by atoms with Gasteiger partial charge in [-0.25, -0.2) is 0 Å². The molecule has 13 heavy (non-hydrogen) atoms. The molecule has 0 bridgehead atoms. The number of rotatable bonds is 6. The van der Waals surface area contributed by atoms with Crippen LogP contribution in [0.2, 0.25) is 0 Å². The lowest BCUT2D eigenvalue weighted by molar-refractivity contribution is -0.117. The van der Waals surface area contributed by atoms with Crippen LogP contribution in [-0.4, -0.2) is 18.5 Å². The number of hydrogen-bond donors (Lipinski definition) is 0. The van der Waals surface area contributed by atoms with E-state index in [0.717, 1.165) is 12.8 Å². The number of carbonyl (C=O) groups is 1. The molecular weight excluding hydrogens is 164 g/mol. The molecule has 0 heterocycles. The fraction of sp³-hybridized carbons (Fsp3) is 0.909. The van der Waals surface area contributed by atoms with Gasteiger partial charge in [0, 0.05) is 13.5 Å². The molecule has 2 heteroatoms. The summed E-state index contributed by atoms with van der Waals surface area (Å²) in [6, 6.07) is 0. The summed E-state index contributed by atoms with van der Waals surface area (Å²) in [6.45, 7) is 7.92. The monoisotopic (exact) mass is 186 g/mol. The van der Waals surface area contributed by atoms with Crippen LogP contribution in [0, 0.1) is 5.92 Å². The molecule has 78 valence electrons. The summed E-state index contributed by atoms with van der Waals surface area (Å²) in [7, 11) is 1.73. The molecule has 0 N–H and O–H groups in total. The number of carbonyl (C=O) groups excluding carboxylic acids is 1. The molecule has 1 unspecified atom stereocenters. The van der Waals surface area contributed by atoms with E-state index in [0.29, 0.717) is 12.3 Å². The molecule has 0 rings (SSSR count). The maximum absolute atomic E-state index is 10.8. The van der Waals surface area contributed by atoms with Crippen molar-refractivity contribution in [3.8, 4) is 0 Å². The van der Waals surface area contributed by atoms with Crippen LogP contribution in [0.5, 0.6) is 0 Å². The van der Waals surface area contributed by atoms with Crippen LogP contribution >= 0.6 is 0 Å². The zero-order valence-electron chi connectivity index (χ0n) is 9.52. The van der Waals surface area contributed by atoms with E-state index < -0.39 is 0 Å². The Morgan fingerprint density at radius 2 is 2.00 bits per heavy atom. The molecule has 0 aromatic heterocycles. The molecule has 0 radical (unpaired) electrons. The lowest BCUT2D eigenvalue weighted by atomic mass is 9.93. The molecule has 0 saturated carbocycles. The van der Waals surface area contributed by atoms with Gasteiger partial charge in [0.05, 0.1) is 5.60 Å². The van der Waals surface area contributed by atoms with Crippen LogP contribution in [0.1, 0.15) is 47.0 Å². The van der Waals surface area contributed by atoms with Crippen LogP contribution in [0.15, 0.2) is 0 Å². The van der Waals surface area contributed by atoms with E-state index in [1.54, 1.807) is 14.0 Å². The quantitative estimate of drug-likeness (QED) is 0.637. The van der Waals surface area contributed by atoms with Crippen molar-refractivity contribution in [2.24, 2.45) is 5.92 Å². The predicted octanol–water partition coefficient (Wildman–Crippen LogP) is 2.81. The molecule has 1 atom stereocenters. The number of ketones is 1. The maximum atomic E-state index is 10.8. The Morgan fingerprint density at radius 1 is 1.46 bits per heavy atom. The van der Waals surface area contributed by atoms with Gasteiger partial charge in [0.25, 0.3) is 0 Å². The molecule has 0 spiro atoms. The van der Waals surface area contributed by atoms with E-state index >= 15 is 0 Å². The normalized spacial score (nSPS) is 14.2. The average Bonchev–Trinajstić information content (AvgIpc) is 2.00. The van der Waals surface area contributed by atoms with E-state index in [1.807, 2.05) is 0 Å². The zero-order chi connectivity index (χ0) is 10.5. The van der Waals surface area contributed by atoms with Gasteiger partial charge < -0.3 is 9.53 Å². The molecule has 0 aliphatic heterocycles. The third kappa shape index (κ3) is 6.76. The number of methoxy groups -OCH3 is 1. The average molecular weight is 186 g/mol. The summed E-state index contributed by atoms with van der Waals surface area (Å²) in [4.78, 5) is 10.8. The summed E-state index contributed by atoms with van der Waals surface area (Å²) in [5.74, 6) is 0.759. The summed E-state index contributed by atoms with van der Waals surface area (Å²) < 4.78 is 5.31. The van der Waals surface area contributed by atoms with Crippen molar-refractivity contribution in [2.45, 2.75) is 52.6 Å². The number of ether oxygens (including phenoxy) is 1. The fourth-order valence-electron chi connectivity index (χ4n) is 1.29. The second kappa shape index (κ2) is 5.38. The molecule has 0 saturated heterocycles. The van der Waals surface area contributed by atoms with Gasteiger partial charge in [0.2, 0.25) is 0 Å². The maximum Gasteiger partial charge on any atom is 0.130 e. The minimum absolute atomic E-state index is 0.0505. The minimum atomic E-state index is -0.0505. The second-order valence-corrected chi connectivity index (χ2v) is 4.51. The first-order chi connectivity index (χ1) is 5.87. The summed E-state index contributed by atoms with van der Waals surface area (Å²) in [5.41, 5.74) is -0.0505. The predicted molar refractivity (Wildman–Crippen MR) is 54.8 cm³/mol. The molecule has 0 amide bonds. The van der Waals surface area contributed by atoms with Crippen molar-refractivity contribution in [3.63, 3.8) is 0 Å². The Labute approximate surface area is 81.7 Å². The Morgan fingerprint density at radius 3 is 2.38 bits per heavy atom. The lowest BCUT2D eigenvalue weighted by Gasteiger charge is -2.24. The van der Waals surface area contributed by atoms with E-state index in [2.05, 4.69) is 20.8 Å². The Balaban J connectivity index is 3.69. The second-order valence-electron chi connectivity index (χ2n) is 4.51. The van der Waals surface area contributed by atoms with E-state index in [1.165, 1.54) is 0 Å². The van der Waals surface area contributed by atoms with Gasteiger partial charge in [-0.15, -0.1) is 0 Å². The van der Waals surface area contributed by atoms with Crippen molar-refractivity contribution in [1.29, 1.82) is 0 Å². The van der Waals surface area contributed by atoms with Gasteiger partial charge in [-0.2, -0.15) is 0 Å². The van der Waals surface area contributed by atoms with Gasteiger partial charge in [-0.1, -0.05) is 6.92 Å². The lowest BCUT2D eigenvalue weighted by Crippen LogP contribution is -2.23. The SMILES string of the molecule is COC(C)(C)CCC(C)CC(C)=O. The zero-order valence-corrected chi connectivity index (χ0v) is 9.52. The van der Waals surface area contributed by atoms with Crippen molar-refractivity contribution in [1.82, 2.24) is 0 Å². The first-order valence-corrected chi connectivity index (χ1v) is 4.92. The highest BCUT2D eigenvalue weighted by Crippen LogP contribution is 2.20. The van der Waals surface area contributed by atoms with Gasteiger partial charge in [0.15, 0.2) is 0 Å².